The van der Waals surface area contributed by atoms with Gasteiger partial charge in [-0.1, -0.05) is 12.1 Å². The first-order valence-corrected chi connectivity index (χ1v) is 9.66. The fourth-order valence-electron chi connectivity index (χ4n) is 3.58. The van der Waals surface area contributed by atoms with E-state index in [2.05, 4.69) is 25.5 Å². The minimum Gasteiger partial charge on any atom is -0.355 e. The molecule has 0 saturated carbocycles. The van der Waals surface area contributed by atoms with Crippen molar-refractivity contribution in [2.24, 2.45) is 5.92 Å². The summed E-state index contributed by atoms with van der Waals surface area (Å²) >= 11 is 0. The minimum atomic E-state index is -0.475. The number of aromatic nitrogens is 4. The van der Waals surface area contributed by atoms with Crippen molar-refractivity contribution >= 4 is 23.1 Å². The Morgan fingerprint density at radius 2 is 1.87 bits per heavy atom. The third kappa shape index (κ3) is 3.97. The Labute approximate surface area is 172 Å². The third-order valence-corrected chi connectivity index (χ3v) is 5.26. The van der Waals surface area contributed by atoms with E-state index in [1.165, 1.54) is 6.07 Å². The number of para-hydroxylation sites is 1. The summed E-state index contributed by atoms with van der Waals surface area (Å²) in [5.41, 5.74) is 0.853. The van der Waals surface area contributed by atoms with Crippen LogP contribution in [0.5, 0.6) is 0 Å². The SMILES string of the molecule is Cc1cccc([N+](=O)[O-])c1NC(=O)C1CCN(c2ccc(-n3cccn3)nn2)CC1. The molecule has 1 fully saturated rings. The Hall–Kier alpha value is -3.82. The summed E-state index contributed by atoms with van der Waals surface area (Å²) in [7, 11) is 0. The van der Waals surface area contributed by atoms with E-state index in [0.29, 0.717) is 37.3 Å². The van der Waals surface area contributed by atoms with Gasteiger partial charge in [0.15, 0.2) is 11.6 Å². The van der Waals surface area contributed by atoms with Crippen LogP contribution < -0.4 is 10.2 Å². The van der Waals surface area contributed by atoms with Crippen LogP contribution in [0, 0.1) is 23.0 Å². The van der Waals surface area contributed by atoms with Crippen molar-refractivity contribution in [2.45, 2.75) is 19.8 Å². The van der Waals surface area contributed by atoms with Crippen LogP contribution in [0.3, 0.4) is 0 Å². The largest absolute Gasteiger partial charge is 0.355 e. The normalized spacial score (nSPS) is 14.5. The van der Waals surface area contributed by atoms with Crippen molar-refractivity contribution in [3.63, 3.8) is 0 Å². The van der Waals surface area contributed by atoms with Crippen LogP contribution in [0.25, 0.3) is 5.82 Å². The average molecular weight is 407 g/mol. The molecule has 1 aliphatic rings. The summed E-state index contributed by atoms with van der Waals surface area (Å²) in [6.45, 7) is 3.06. The Balaban J connectivity index is 1.38. The molecule has 154 valence electrons. The molecule has 2 aromatic heterocycles. The molecule has 4 rings (SSSR count). The number of amides is 1. The molecule has 3 aromatic rings. The summed E-state index contributed by atoms with van der Waals surface area (Å²) in [4.78, 5) is 25.6. The number of hydrogen-bond donors (Lipinski definition) is 1. The lowest BCUT2D eigenvalue weighted by atomic mass is 9.95. The highest BCUT2D eigenvalue weighted by Crippen LogP contribution is 2.29. The molecule has 1 aromatic carbocycles. The van der Waals surface area contributed by atoms with Gasteiger partial charge in [0.25, 0.3) is 5.69 Å². The predicted octanol–water partition coefficient (Wildman–Crippen LogP) is 2.73. The van der Waals surface area contributed by atoms with Crippen molar-refractivity contribution in [1.82, 2.24) is 20.0 Å². The highest BCUT2D eigenvalue weighted by molar-refractivity contribution is 5.95. The quantitative estimate of drug-likeness (QED) is 0.510. The summed E-state index contributed by atoms with van der Waals surface area (Å²) in [5, 5.41) is 26.6. The lowest BCUT2D eigenvalue weighted by Gasteiger charge is -2.31. The zero-order valence-electron chi connectivity index (χ0n) is 16.4. The van der Waals surface area contributed by atoms with Gasteiger partial charge in [-0.05, 0) is 43.5 Å². The van der Waals surface area contributed by atoms with Gasteiger partial charge in [0.1, 0.15) is 5.69 Å². The Bertz CT molecular complexity index is 1040. The van der Waals surface area contributed by atoms with Crippen molar-refractivity contribution in [2.75, 3.05) is 23.3 Å². The topological polar surface area (TPSA) is 119 Å². The van der Waals surface area contributed by atoms with Crippen molar-refractivity contribution in [1.29, 1.82) is 0 Å². The van der Waals surface area contributed by atoms with E-state index in [4.69, 9.17) is 0 Å². The number of aryl methyl sites for hydroxylation is 1. The number of nitrogens with one attached hydrogen (secondary N) is 1. The molecule has 10 nitrogen and oxygen atoms in total. The van der Waals surface area contributed by atoms with Gasteiger partial charge < -0.3 is 10.2 Å². The number of nitrogens with zero attached hydrogens (tertiary/aromatic N) is 6. The number of carbonyl (C=O) groups excluding carboxylic acids is 1. The molecule has 10 heteroatoms. The summed E-state index contributed by atoms with van der Waals surface area (Å²) in [5.74, 6) is 0.987. The summed E-state index contributed by atoms with van der Waals surface area (Å²) in [6.07, 6.45) is 4.74. The highest BCUT2D eigenvalue weighted by atomic mass is 16.6. The van der Waals surface area contributed by atoms with Crippen molar-refractivity contribution in [3.05, 3.63) is 64.5 Å². The molecular formula is C20H21N7O3. The standard InChI is InChI=1S/C20H21N7O3/c1-14-4-2-5-16(27(29)30)19(14)22-20(28)15-8-12-25(13-9-15)17-6-7-18(24-23-17)26-11-3-10-21-26/h2-7,10-11,15H,8-9,12-13H2,1H3,(H,22,28). The van der Waals surface area contributed by atoms with Crippen LogP contribution in [0.2, 0.25) is 0 Å². The molecule has 30 heavy (non-hydrogen) atoms. The second-order valence-electron chi connectivity index (χ2n) is 7.18. The van der Waals surface area contributed by atoms with E-state index in [0.717, 1.165) is 5.82 Å². The lowest BCUT2D eigenvalue weighted by Crippen LogP contribution is -2.38. The first kappa shape index (κ1) is 19.5. The molecular weight excluding hydrogens is 386 g/mol. The van der Waals surface area contributed by atoms with Crippen LogP contribution in [-0.2, 0) is 4.79 Å². The number of rotatable bonds is 5. The van der Waals surface area contributed by atoms with E-state index in [1.54, 1.807) is 36.1 Å². The van der Waals surface area contributed by atoms with Gasteiger partial charge >= 0.3 is 0 Å². The second kappa shape index (κ2) is 8.27. The van der Waals surface area contributed by atoms with Crippen LogP contribution in [0.15, 0.2) is 48.8 Å². The maximum absolute atomic E-state index is 12.7. The maximum Gasteiger partial charge on any atom is 0.293 e. The first-order valence-electron chi connectivity index (χ1n) is 9.66. The van der Waals surface area contributed by atoms with E-state index in [-0.39, 0.29) is 23.2 Å². The number of anilines is 2. The number of hydrogen-bond acceptors (Lipinski definition) is 7. The average Bonchev–Trinajstić information content (AvgIpc) is 3.30. The number of benzene rings is 1. The van der Waals surface area contributed by atoms with Crippen LogP contribution in [-0.4, -0.2) is 43.9 Å². The van der Waals surface area contributed by atoms with Gasteiger partial charge in [0.2, 0.25) is 5.91 Å². The lowest BCUT2D eigenvalue weighted by molar-refractivity contribution is -0.384. The summed E-state index contributed by atoms with van der Waals surface area (Å²) < 4.78 is 1.64. The van der Waals surface area contributed by atoms with E-state index in [9.17, 15) is 14.9 Å². The maximum atomic E-state index is 12.7. The van der Waals surface area contributed by atoms with Crippen LogP contribution in [0.1, 0.15) is 18.4 Å². The monoisotopic (exact) mass is 407 g/mol. The number of piperidine rings is 1. The fourth-order valence-corrected chi connectivity index (χ4v) is 3.58. The van der Waals surface area contributed by atoms with E-state index < -0.39 is 4.92 Å². The van der Waals surface area contributed by atoms with Crippen molar-refractivity contribution < 1.29 is 9.72 Å². The molecule has 0 spiro atoms. The van der Waals surface area contributed by atoms with E-state index >= 15 is 0 Å². The summed E-state index contributed by atoms with van der Waals surface area (Å²) in [6, 6.07) is 10.3. The molecule has 1 saturated heterocycles. The van der Waals surface area contributed by atoms with E-state index in [1.807, 2.05) is 18.2 Å². The smallest absolute Gasteiger partial charge is 0.293 e. The zero-order valence-corrected chi connectivity index (χ0v) is 16.4. The molecule has 0 aliphatic carbocycles. The zero-order chi connectivity index (χ0) is 21.1. The molecule has 3 heterocycles. The second-order valence-corrected chi connectivity index (χ2v) is 7.18. The van der Waals surface area contributed by atoms with Crippen LogP contribution in [0.4, 0.5) is 17.2 Å². The molecule has 0 bridgehead atoms. The van der Waals surface area contributed by atoms with Gasteiger partial charge in [-0.3, -0.25) is 14.9 Å². The van der Waals surface area contributed by atoms with Gasteiger partial charge in [-0.2, -0.15) is 5.10 Å². The third-order valence-electron chi connectivity index (χ3n) is 5.26. The number of carbonyl (C=O) groups is 1. The Kier molecular flexibility index (Phi) is 5.38. The highest BCUT2D eigenvalue weighted by Gasteiger charge is 2.28. The van der Waals surface area contributed by atoms with Crippen LogP contribution >= 0.6 is 0 Å². The molecule has 1 aliphatic heterocycles. The van der Waals surface area contributed by atoms with Gasteiger partial charge in [0, 0.05) is 37.5 Å². The first-order chi connectivity index (χ1) is 14.5. The Morgan fingerprint density at radius 3 is 2.50 bits per heavy atom. The van der Waals surface area contributed by atoms with Gasteiger partial charge in [-0.15, -0.1) is 10.2 Å². The molecule has 1 amide bonds. The molecule has 0 unspecified atom stereocenters. The van der Waals surface area contributed by atoms with Gasteiger partial charge in [0.05, 0.1) is 4.92 Å². The number of nitro groups is 1. The molecule has 0 radical (unpaired) electrons. The minimum absolute atomic E-state index is 0.0895. The fraction of sp³-hybridized carbons (Fsp3) is 0.300. The Morgan fingerprint density at radius 1 is 1.13 bits per heavy atom. The predicted molar refractivity (Wildman–Crippen MR) is 111 cm³/mol. The molecule has 1 N–H and O–H groups in total. The number of nitro benzene ring substituents is 1. The van der Waals surface area contributed by atoms with Crippen molar-refractivity contribution in [3.8, 4) is 5.82 Å². The van der Waals surface area contributed by atoms with Gasteiger partial charge in [-0.25, -0.2) is 4.68 Å². The molecule has 0 atom stereocenters.